The second-order valence-electron chi connectivity index (χ2n) is 3.43. The van der Waals surface area contributed by atoms with Crippen molar-refractivity contribution in [3.8, 4) is 0 Å². The first-order chi connectivity index (χ1) is 6.27. The van der Waals surface area contributed by atoms with E-state index in [-0.39, 0.29) is 0 Å². The minimum Gasteiger partial charge on any atom is -0.378 e. The average molecular weight is 180 g/mol. The Kier molecular flexibility index (Phi) is 1.92. The number of hydrogen-bond acceptors (Lipinski definition) is 3. The van der Waals surface area contributed by atoms with Crippen molar-refractivity contribution in [3.63, 3.8) is 0 Å². The van der Waals surface area contributed by atoms with Crippen LogP contribution in [0.3, 0.4) is 0 Å². The monoisotopic (exact) mass is 180 g/mol. The molecular weight excluding hydrogens is 168 g/mol. The highest BCUT2D eigenvalue weighted by Gasteiger charge is 2.37. The maximum absolute atomic E-state index is 11.0. The Bertz CT molecular complexity index is 313. The molecule has 1 atom stereocenters. The topological polar surface area (TPSA) is 44.1 Å². The van der Waals surface area contributed by atoms with Crippen LogP contribution in [0.1, 0.15) is 12.1 Å². The smallest absolute Gasteiger partial charge is 0.150 e. The van der Waals surface area contributed by atoms with Crippen LogP contribution in [0.25, 0.3) is 0 Å². The van der Waals surface area contributed by atoms with Gasteiger partial charge in [0.2, 0.25) is 0 Å². The Morgan fingerprint density at radius 3 is 3.08 bits per heavy atom. The van der Waals surface area contributed by atoms with Crippen LogP contribution in [0.5, 0.6) is 0 Å². The van der Waals surface area contributed by atoms with E-state index in [0.29, 0.717) is 13.2 Å². The van der Waals surface area contributed by atoms with Crippen molar-refractivity contribution in [1.29, 1.82) is 0 Å². The maximum Gasteiger partial charge on any atom is 0.150 e. The van der Waals surface area contributed by atoms with Crippen molar-refractivity contribution in [2.24, 2.45) is 0 Å². The van der Waals surface area contributed by atoms with Crippen molar-refractivity contribution >= 4 is 6.29 Å². The van der Waals surface area contributed by atoms with E-state index in [0.717, 1.165) is 18.4 Å². The van der Waals surface area contributed by atoms with Crippen LogP contribution in [0.2, 0.25) is 0 Å². The standard InChI is InChI=1S/C9H12N2O2/c1-8-2-4-11(10-8)9(6-12)3-5-13-7-9/h2,4,6H,3,5,7H2,1H3. The number of ether oxygens (including phenoxy) is 1. The summed E-state index contributed by atoms with van der Waals surface area (Å²) in [5.74, 6) is 0. The molecule has 13 heavy (non-hydrogen) atoms. The lowest BCUT2D eigenvalue weighted by Gasteiger charge is -2.20. The number of rotatable bonds is 2. The first-order valence-corrected chi connectivity index (χ1v) is 4.34. The van der Waals surface area contributed by atoms with Gasteiger partial charge >= 0.3 is 0 Å². The van der Waals surface area contributed by atoms with Gasteiger partial charge in [-0.2, -0.15) is 5.10 Å². The third-order valence-corrected chi connectivity index (χ3v) is 2.43. The summed E-state index contributed by atoms with van der Waals surface area (Å²) in [6.07, 6.45) is 3.49. The molecule has 1 fully saturated rings. The number of aryl methyl sites for hydroxylation is 1. The molecule has 0 amide bonds. The lowest BCUT2D eigenvalue weighted by molar-refractivity contribution is -0.115. The minimum atomic E-state index is -0.547. The maximum atomic E-state index is 11.0. The minimum absolute atomic E-state index is 0.442. The second kappa shape index (κ2) is 2.96. The van der Waals surface area contributed by atoms with Crippen molar-refractivity contribution in [3.05, 3.63) is 18.0 Å². The number of aromatic nitrogens is 2. The van der Waals surface area contributed by atoms with Crippen LogP contribution in [0, 0.1) is 6.92 Å². The molecule has 0 spiro atoms. The van der Waals surface area contributed by atoms with Gasteiger partial charge in [0.25, 0.3) is 0 Å². The molecule has 4 heteroatoms. The summed E-state index contributed by atoms with van der Waals surface area (Å²) in [6, 6.07) is 1.89. The molecule has 1 aromatic heterocycles. The molecule has 1 aliphatic heterocycles. The molecule has 0 bridgehead atoms. The van der Waals surface area contributed by atoms with Crippen LogP contribution < -0.4 is 0 Å². The van der Waals surface area contributed by atoms with Crippen LogP contribution in [-0.2, 0) is 15.1 Å². The summed E-state index contributed by atoms with van der Waals surface area (Å²) >= 11 is 0. The van der Waals surface area contributed by atoms with E-state index in [1.807, 2.05) is 19.2 Å². The zero-order valence-corrected chi connectivity index (χ0v) is 7.56. The normalized spacial score (nSPS) is 27.8. The number of carbonyl (C=O) groups is 1. The second-order valence-corrected chi connectivity index (χ2v) is 3.43. The van der Waals surface area contributed by atoms with Crippen molar-refractivity contribution in [2.75, 3.05) is 13.2 Å². The van der Waals surface area contributed by atoms with Gasteiger partial charge in [0.1, 0.15) is 11.8 Å². The van der Waals surface area contributed by atoms with Crippen LogP contribution in [-0.4, -0.2) is 29.3 Å². The van der Waals surface area contributed by atoms with E-state index < -0.39 is 5.54 Å². The van der Waals surface area contributed by atoms with Crippen molar-refractivity contribution < 1.29 is 9.53 Å². The summed E-state index contributed by atoms with van der Waals surface area (Å²) in [4.78, 5) is 11.0. The molecular formula is C9H12N2O2. The lowest BCUT2D eigenvalue weighted by Crippen LogP contribution is -2.36. The van der Waals surface area contributed by atoms with Gasteiger partial charge in [-0.15, -0.1) is 0 Å². The van der Waals surface area contributed by atoms with E-state index >= 15 is 0 Å². The van der Waals surface area contributed by atoms with Gasteiger partial charge in [-0.25, -0.2) is 0 Å². The first kappa shape index (κ1) is 8.44. The summed E-state index contributed by atoms with van der Waals surface area (Å²) < 4.78 is 6.93. The van der Waals surface area contributed by atoms with E-state index in [4.69, 9.17) is 4.74 Å². The van der Waals surface area contributed by atoms with Crippen molar-refractivity contribution in [1.82, 2.24) is 9.78 Å². The molecule has 1 aromatic rings. The average Bonchev–Trinajstić information content (AvgIpc) is 2.73. The Balaban J connectivity index is 2.35. The highest BCUT2D eigenvalue weighted by Crippen LogP contribution is 2.24. The summed E-state index contributed by atoms with van der Waals surface area (Å²) in [5.41, 5.74) is 0.377. The number of hydrogen-bond donors (Lipinski definition) is 0. The van der Waals surface area contributed by atoms with Gasteiger partial charge < -0.3 is 9.53 Å². The molecule has 1 unspecified atom stereocenters. The van der Waals surface area contributed by atoms with E-state index in [2.05, 4.69) is 5.10 Å². The van der Waals surface area contributed by atoms with Gasteiger partial charge in [-0.3, -0.25) is 4.68 Å². The molecule has 1 aliphatic rings. The van der Waals surface area contributed by atoms with Gasteiger partial charge in [-0.1, -0.05) is 0 Å². The van der Waals surface area contributed by atoms with Gasteiger partial charge in [0.05, 0.1) is 12.3 Å². The molecule has 4 nitrogen and oxygen atoms in total. The fraction of sp³-hybridized carbons (Fsp3) is 0.556. The molecule has 0 aliphatic carbocycles. The summed E-state index contributed by atoms with van der Waals surface area (Å²) in [6.45, 7) is 2.99. The molecule has 0 saturated carbocycles. The van der Waals surface area contributed by atoms with E-state index in [1.54, 1.807) is 4.68 Å². The molecule has 2 rings (SSSR count). The van der Waals surface area contributed by atoms with Crippen LogP contribution in [0.15, 0.2) is 12.3 Å². The first-order valence-electron chi connectivity index (χ1n) is 4.34. The molecule has 2 heterocycles. The van der Waals surface area contributed by atoms with Crippen LogP contribution >= 0.6 is 0 Å². The van der Waals surface area contributed by atoms with Gasteiger partial charge in [0, 0.05) is 19.2 Å². The van der Waals surface area contributed by atoms with Gasteiger partial charge in [-0.05, 0) is 13.0 Å². The Morgan fingerprint density at radius 2 is 2.62 bits per heavy atom. The third kappa shape index (κ3) is 1.27. The van der Waals surface area contributed by atoms with E-state index in [1.165, 1.54) is 0 Å². The lowest BCUT2D eigenvalue weighted by atomic mass is 10.0. The highest BCUT2D eigenvalue weighted by atomic mass is 16.5. The zero-order valence-electron chi connectivity index (χ0n) is 7.56. The largest absolute Gasteiger partial charge is 0.378 e. The SMILES string of the molecule is Cc1ccn(C2(C=O)CCOC2)n1. The summed E-state index contributed by atoms with van der Waals surface area (Å²) in [5, 5.41) is 4.24. The quantitative estimate of drug-likeness (QED) is 0.623. The predicted octanol–water partition coefficient (Wildman–Crippen LogP) is 0.506. The highest BCUT2D eigenvalue weighted by molar-refractivity contribution is 5.62. The molecule has 70 valence electrons. The Hall–Kier alpha value is -1.16. The Labute approximate surface area is 76.5 Å². The fourth-order valence-electron chi connectivity index (χ4n) is 1.56. The molecule has 1 saturated heterocycles. The number of nitrogens with zero attached hydrogens (tertiary/aromatic N) is 2. The number of carbonyl (C=O) groups excluding carboxylic acids is 1. The van der Waals surface area contributed by atoms with Crippen LogP contribution in [0.4, 0.5) is 0 Å². The van der Waals surface area contributed by atoms with Crippen molar-refractivity contribution in [2.45, 2.75) is 18.9 Å². The molecule has 0 N–H and O–H groups in total. The fourth-order valence-corrected chi connectivity index (χ4v) is 1.56. The zero-order chi connectivity index (χ0) is 9.31. The third-order valence-electron chi connectivity index (χ3n) is 2.43. The van der Waals surface area contributed by atoms with Gasteiger partial charge in [0.15, 0.2) is 0 Å². The molecule has 0 radical (unpaired) electrons. The molecule has 0 aromatic carbocycles. The Morgan fingerprint density at radius 1 is 1.77 bits per heavy atom. The van der Waals surface area contributed by atoms with E-state index in [9.17, 15) is 4.79 Å². The number of aldehydes is 1. The summed E-state index contributed by atoms with van der Waals surface area (Å²) in [7, 11) is 0. The predicted molar refractivity (Wildman–Crippen MR) is 46.4 cm³/mol.